The summed E-state index contributed by atoms with van der Waals surface area (Å²) < 4.78 is 0. The van der Waals surface area contributed by atoms with E-state index < -0.39 is 0 Å². The van der Waals surface area contributed by atoms with Crippen molar-refractivity contribution in [3.63, 3.8) is 0 Å². The minimum atomic E-state index is -0.347. The normalized spacial score (nSPS) is 20.5. The van der Waals surface area contributed by atoms with Crippen molar-refractivity contribution < 1.29 is 9.59 Å². The predicted octanol–water partition coefficient (Wildman–Crippen LogP) is 0.570. The first-order chi connectivity index (χ1) is 8.68. The van der Waals surface area contributed by atoms with Crippen molar-refractivity contribution in [3.05, 3.63) is 0 Å². The molecule has 0 aromatic carbocycles. The maximum atomic E-state index is 12.1. The van der Waals surface area contributed by atoms with Gasteiger partial charge in [-0.3, -0.25) is 9.59 Å². The number of hydrogen-bond acceptors (Lipinski definition) is 3. The molecule has 0 atom stereocenters. The summed E-state index contributed by atoms with van der Waals surface area (Å²) in [6, 6.07) is 0. The fraction of sp³-hybridized carbons (Fsp3) is 0.846. The Labute approximate surface area is 120 Å². The first-order valence-electron chi connectivity index (χ1n) is 6.94. The zero-order valence-corrected chi connectivity index (χ0v) is 12.1. The van der Waals surface area contributed by atoms with Gasteiger partial charge in [0.15, 0.2) is 0 Å². The molecule has 0 bridgehead atoms. The van der Waals surface area contributed by atoms with Crippen molar-refractivity contribution in [1.82, 2.24) is 10.6 Å². The third-order valence-electron chi connectivity index (χ3n) is 4.09. The Bertz CT molecular complexity index is 326. The molecule has 0 aromatic rings. The van der Waals surface area contributed by atoms with Crippen molar-refractivity contribution in [2.75, 3.05) is 19.6 Å². The third-order valence-corrected chi connectivity index (χ3v) is 4.09. The van der Waals surface area contributed by atoms with Gasteiger partial charge in [-0.05, 0) is 25.7 Å². The van der Waals surface area contributed by atoms with Crippen molar-refractivity contribution in [2.24, 2.45) is 17.1 Å². The highest BCUT2D eigenvalue weighted by Crippen LogP contribution is 2.37. The third kappa shape index (κ3) is 4.08. The van der Waals surface area contributed by atoms with E-state index in [1.807, 2.05) is 0 Å². The summed E-state index contributed by atoms with van der Waals surface area (Å²) in [5, 5.41) is 5.73. The van der Waals surface area contributed by atoms with Gasteiger partial charge in [0.1, 0.15) is 0 Å². The van der Waals surface area contributed by atoms with Crippen LogP contribution in [0.25, 0.3) is 0 Å². The van der Waals surface area contributed by atoms with Crippen LogP contribution in [-0.2, 0) is 9.59 Å². The summed E-state index contributed by atoms with van der Waals surface area (Å²) in [5.41, 5.74) is 5.39. The average Bonchev–Trinajstić information content (AvgIpc) is 3.12. The van der Waals surface area contributed by atoms with Gasteiger partial charge in [-0.1, -0.05) is 12.8 Å². The SMILES string of the molecule is Cl.NCC1(C(=O)NCCNC(=O)C2CC2)CCCC1. The molecule has 0 spiro atoms. The van der Waals surface area contributed by atoms with Crippen molar-refractivity contribution >= 4 is 24.2 Å². The molecule has 0 aliphatic heterocycles. The molecule has 0 heterocycles. The molecule has 0 saturated heterocycles. The van der Waals surface area contributed by atoms with Crippen molar-refractivity contribution in [1.29, 1.82) is 0 Å². The zero-order chi connectivity index (χ0) is 13.0. The number of amides is 2. The van der Waals surface area contributed by atoms with E-state index in [-0.39, 0.29) is 35.6 Å². The monoisotopic (exact) mass is 289 g/mol. The highest BCUT2D eigenvalue weighted by atomic mass is 35.5. The minimum Gasteiger partial charge on any atom is -0.354 e. The Morgan fingerprint density at radius 1 is 1.11 bits per heavy atom. The van der Waals surface area contributed by atoms with Gasteiger partial charge in [-0.2, -0.15) is 0 Å². The van der Waals surface area contributed by atoms with Gasteiger partial charge in [-0.25, -0.2) is 0 Å². The summed E-state index contributed by atoms with van der Waals surface area (Å²) in [4.78, 5) is 23.5. The molecule has 19 heavy (non-hydrogen) atoms. The Kier molecular flexibility index (Phi) is 6.07. The molecular weight excluding hydrogens is 266 g/mol. The predicted molar refractivity (Wildman–Crippen MR) is 75.9 cm³/mol. The Morgan fingerprint density at radius 2 is 1.68 bits per heavy atom. The molecule has 2 aliphatic rings. The smallest absolute Gasteiger partial charge is 0.227 e. The molecule has 110 valence electrons. The first kappa shape index (κ1) is 16.2. The lowest BCUT2D eigenvalue weighted by molar-refractivity contribution is -0.130. The summed E-state index contributed by atoms with van der Waals surface area (Å²) >= 11 is 0. The van der Waals surface area contributed by atoms with Crippen LogP contribution in [0.5, 0.6) is 0 Å². The standard InChI is InChI=1S/C13H23N3O2.ClH/c14-9-13(5-1-2-6-13)12(18)16-8-7-15-11(17)10-3-4-10;/h10H,1-9,14H2,(H,15,17)(H,16,18);1H. The van der Waals surface area contributed by atoms with Gasteiger partial charge in [0, 0.05) is 25.6 Å². The van der Waals surface area contributed by atoms with Crippen molar-refractivity contribution in [2.45, 2.75) is 38.5 Å². The number of halogens is 1. The van der Waals surface area contributed by atoms with E-state index in [2.05, 4.69) is 10.6 Å². The number of hydrogen-bond donors (Lipinski definition) is 3. The van der Waals surface area contributed by atoms with E-state index in [1.165, 1.54) is 0 Å². The van der Waals surface area contributed by atoms with E-state index >= 15 is 0 Å². The van der Waals surface area contributed by atoms with Crippen LogP contribution in [-0.4, -0.2) is 31.4 Å². The number of nitrogens with two attached hydrogens (primary N) is 1. The molecule has 2 saturated carbocycles. The molecule has 4 N–H and O–H groups in total. The molecule has 0 unspecified atom stereocenters. The minimum absolute atomic E-state index is 0. The van der Waals surface area contributed by atoms with Gasteiger partial charge in [0.2, 0.25) is 11.8 Å². The van der Waals surface area contributed by atoms with Crippen LogP contribution in [0.4, 0.5) is 0 Å². The molecule has 2 amide bonds. The van der Waals surface area contributed by atoms with Gasteiger partial charge < -0.3 is 16.4 Å². The van der Waals surface area contributed by atoms with Crippen LogP contribution >= 0.6 is 12.4 Å². The molecule has 0 aromatic heterocycles. The summed E-state index contributed by atoms with van der Waals surface area (Å²) in [5.74, 6) is 0.410. The van der Waals surface area contributed by atoms with Crippen LogP contribution in [0.3, 0.4) is 0 Å². The Balaban J connectivity index is 0.00000180. The summed E-state index contributed by atoms with van der Waals surface area (Å²) in [6.07, 6.45) is 5.97. The molecule has 6 heteroatoms. The highest BCUT2D eigenvalue weighted by Gasteiger charge is 2.39. The largest absolute Gasteiger partial charge is 0.354 e. The van der Waals surface area contributed by atoms with E-state index in [0.717, 1.165) is 38.5 Å². The average molecular weight is 290 g/mol. The first-order valence-corrected chi connectivity index (χ1v) is 6.94. The maximum absolute atomic E-state index is 12.1. The van der Waals surface area contributed by atoms with Gasteiger partial charge in [0.05, 0.1) is 5.41 Å². The second-order valence-corrected chi connectivity index (χ2v) is 5.51. The van der Waals surface area contributed by atoms with Crippen LogP contribution in [0.1, 0.15) is 38.5 Å². The lowest BCUT2D eigenvalue weighted by Gasteiger charge is -2.25. The number of nitrogens with one attached hydrogen (secondary N) is 2. The van der Waals surface area contributed by atoms with E-state index in [0.29, 0.717) is 19.6 Å². The molecule has 2 aliphatic carbocycles. The van der Waals surface area contributed by atoms with Crippen LogP contribution in [0.2, 0.25) is 0 Å². The Hall–Kier alpha value is -0.810. The van der Waals surface area contributed by atoms with Gasteiger partial charge in [0.25, 0.3) is 0 Å². The molecular formula is C13H24ClN3O2. The topological polar surface area (TPSA) is 84.2 Å². The lowest BCUT2D eigenvalue weighted by Crippen LogP contribution is -2.46. The van der Waals surface area contributed by atoms with E-state index in [1.54, 1.807) is 0 Å². The number of rotatable bonds is 6. The van der Waals surface area contributed by atoms with E-state index in [9.17, 15) is 9.59 Å². The van der Waals surface area contributed by atoms with Gasteiger partial charge >= 0.3 is 0 Å². The fourth-order valence-corrected chi connectivity index (χ4v) is 2.61. The van der Waals surface area contributed by atoms with Crippen LogP contribution in [0.15, 0.2) is 0 Å². The maximum Gasteiger partial charge on any atom is 0.227 e. The fourth-order valence-electron chi connectivity index (χ4n) is 2.61. The second kappa shape index (κ2) is 7.10. The van der Waals surface area contributed by atoms with E-state index in [4.69, 9.17) is 5.73 Å². The van der Waals surface area contributed by atoms with Gasteiger partial charge in [-0.15, -0.1) is 12.4 Å². The molecule has 2 fully saturated rings. The van der Waals surface area contributed by atoms with Crippen LogP contribution < -0.4 is 16.4 Å². The Morgan fingerprint density at radius 3 is 2.21 bits per heavy atom. The summed E-state index contributed by atoms with van der Waals surface area (Å²) in [7, 11) is 0. The van der Waals surface area contributed by atoms with Crippen LogP contribution in [0, 0.1) is 11.3 Å². The molecule has 0 radical (unpaired) electrons. The highest BCUT2D eigenvalue weighted by molar-refractivity contribution is 5.85. The summed E-state index contributed by atoms with van der Waals surface area (Å²) in [6.45, 7) is 1.44. The second-order valence-electron chi connectivity index (χ2n) is 5.51. The number of carbonyl (C=O) groups excluding carboxylic acids is 2. The zero-order valence-electron chi connectivity index (χ0n) is 11.2. The quantitative estimate of drug-likeness (QED) is 0.625. The number of carbonyl (C=O) groups is 2. The molecule has 2 rings (SSSR count). The lowest BCUT2D eigenvalue weighted by atomic mass is 9.85. The van der Waals surface area contributed by atoms with Crippen molar-refractivity contribution in [3.8, 4) is 0 Å². The molecule has 5 nitrogen and oxygen atoms in total.